The van der Waals surface area contributed by atoms with Crippen LogP contribution in [0.4, 0.5) is 0 Å². The van der Waals surface area contributed by atoms with Crippen LogP contribution in [0.5, 0.6) is 0 Å². The van der Waals surface area contributed by atoms with E-state index in [2.05, 4.69) is 12.4 Å². The van der Waals surface area contributed by atoms with E-state index in [-0.39, 0.29) is 5.91 Å². The second-order valence-electron chi connectivity index (χ2n) is 2.89. The Hall–Kier alpha value is -0.910. The van der Waals surface area contributed by atoms with Gasteiger partial charge in [-0.3, -0.25) is 9.63 Å². The molecule has 0 saturated carbocycles. The van der Waals surface area contributed by atoms with Crippen molar-refractivity contribution in [2.45, 2.75) is 13.3 Å². The Morgan fingerprint density at radius 1 is 1.47 bits per heavy atom. The van der Waals surface area contributed by atoms with E-state index >= 15 is 0 Å². The quantitative estimate of drug-likeness (QED) is 0.595. The summed E-state index contributed by atoms with van der Waals surface area (Å²) in [6.07, 6.45) is 0.947. The first-order chi connectivity index (χ1) is 7.27. The average Bonchev–Trinajstić information content (AvgIpc) is 2.72. The van der Waals surface area contributed by atoms with E-state index in [0.29, 0.717) is 18.1 Å². The number of thiophene rings is 1. The molecule has 1 rings (SSSR count). The van der Waals surface area contributed by atoms with Crippen molar-refractivity contribution in [3.63, 3.8) is 0 Å². The minimum Gasteiger partial charge on any atom is -0.382 e. The van der Waals surface area contributed by atoms with E-state index in [1.165, 1.54) is 16.2 Å². The molecule has 84 valence electrons. The highest BCUT2D eigenvalue weighted by Crippen LogP contribution is 2.16. The van der Waals surface area contributed by atoms with Crippen molar-refractivity contribution in [2.75, 3.05) is 20.3 Å². The molecule has 0 radical (unpaired) electrons. The van der Waals surface area contributed by atoms with Gasteiger partial charge in [0, 0.05) is 12.0 Å². The number of amides is 1. The van der Waals surface area contributed by atoms with Crippen molar-refractivity contribution < 1.29 is 14.4 Å². The van der Waals surface area contributed by atoms with Crippen LogP contribution < -0.4 is 5.48 Å². The van der Waals surface area contributed by atoms with E-state index in [1.54, 1.807) is 13.2 Å². The standard InChI is InChI=1S/C10H15NO3S/c1-3-8-4-5-9(15-8)10(12)11-14-7-6-13-2/h4-5H,3,6-7H2,1-2H3,(H,11,12). The Bertz CT molecular complexity index is 311. The fourth-order valence-electron chi connectivity index (χ4n) is 0.982. The summed E-state index contributed by atoms with van der Waals surface area (Å²) in [6, 6.07) is 3.76. The number of carbonyl (C=O) groups is 1. The predicted octanol–water partition coefficient (Wildman–Crippen LogP) is 1.62. The number of nitrogens with one attached hydrogen (secondary N) is 1. The van der Waals surface area contributed by atoms with Crippen molar-refractivity contribution in [1.29, 1.82) is 0 Å². The van der Waals surface area contributed by atoms with Crippen LogP contribution in [0.2, 0.25) is 0 Å². The van der Waals surface area contributed by atoms with Crippen LogP contribution in [-0.4, -0.2) is 26.2 Å². The average molecular weight is 229 g/mol. The number of hydrogen-bond donors (Lipinski definition) is 1. The number of aryl methyl sites for hydroxylation is 1. The normalized spacial score (nSPS) is 10.3. The lowest BCUT2D eigenvalue weighted by atomic mass is 10.3. The van der Waals surface area contributed by atoms with Crippen LogP contribution in [0, 0.1) is 0 Å². The van der Waals surface area contributed by atoms with Crippen LogP contribution in [0.3, 0.4) is 0 Å². The highest BCUT2D eigenvalue weighted by molar-refractivity contribution is 7.14. The molecule has 0 bridgehead atoms. The molecule has 0 aliphatic rings. The van der Waals surface area contributed by atoms with Gasteiger partial charge in [-0.2, -0.15) is 0 Å². The van der Waals surface area contributed by atoms with Crippen LogP contribution in [0.15, 0.2) is 12.1 Å². The maximum atomic E-state index is 11.5. The molecule has 0 aliphatic carbocycles. The Labute approximate surface area is 93.2 Å². The summed E-state index contributed by atoms with van der Waals surface area (Å²) >= 11 is 1.48. The van der Waals surface area contributed by atoms with E-state index in [1.807, 2.05) is 6.07 Å². The van der Waals surface area contributed by atoms with Crippen molar-refractivity contribution >= 4 is 17.2 Å². The Kier molecular flexibility index (Phi) is 5.31. The van der Waals surface area contributed by atoms with Gasteiger partial charge in [0.05, 0.1) is 18.1 Å². The van der Waals surface area contributed by atoms with E-state index in [4.69, 9.17) is 9.57 Å². The lowest BCUT2D eigenvalue weighted by molar-refractivity contribution is 0.00915. The van der Waals surface area contributed by atoms with Gasteiger partial charge < -0.3 is 4.74 Å². The van der Waals surface area contributed by atoms with Gasteiger partial charge in [0.1, 0.15) is 0 Å². The number of ether oxygens (including phenoxy) is 1. The number of methoxy groups -OCH3 is 1. The van der Waals surface area contributed by atoms with E-state index < -0.39 is 0 Å². The molecule has 15 heavy (non-hydrogen) atoms. The smallest absolute Gasteiger partial charge is 0.284 e. The van der Waals surface area contributed by atoms with Gasteiger partial charge in [-0.15, -0.1) is 11.3 Å². The first-order valence-corrected chi connectivity index (χ1v) is 5.59. The topological polar surface area (TPSA) is 47.6 Å². The SMILES string of the molecule is CCc1ccc(C(=O)NOCCOC)s1. The molecule has 0 fully saturated rings. The summed E-state index contributed by atoms with van der Waals surface area (Å²) in [7, 11) is 1.58. The van der Waals surface area contributed by atoms with Gasteiger partial charge in [0.25, 0.3) is 5.91 Å². The first kappa shape index (κ1) is 12.2. The molecule has 0 aliphatic heterocycles. The van der Waals surface area contributed by atoms with Crippen LogP contribution in [0.1, 0.15) is 21.5 Å². The molecule has 0 saturated heterocycles. The monoisotopic (exact) mass is 229 g/mol. The number of hydrogen-bond acceptors (Lipinski definition) is 4. The van der Waals surface area contributed by atoms with Gasteiger partial charge in [-0.25, -0.2) is 5.48 Å². The Balaban J connectivity index is 2.33. The van der Waals surface area contributed by atoms with Crippen molar-refractivity contribution in [3.8, 4) is 0 Å². The predicted molar refractivity (Wildman–Crippen MR) is 59.0 cm³/mol. The van der Waals surface area contributed by atoms with Crippen molar-refractivity contribution in [2.24, 2.45) is 0 Å². The highest BCUT2D eigenvalue weighted by atomic mass is 32.1. The highest BCUT2D eigenvalue weighted by Gasteiger charge is 2.07. The molecule has 5 heteroatoms. The lowest BCUT2D eigenvalue weighted by Crippen LogP contribution is -2.24. The third-order valence-electron chi connectivity index (χ3n) is 1.79. The van der Waals surface area contributed by atoms with Crippen LogP contribution >= 0.6 is 11.3 Å². The van der Waals surface area contributed by atoms with E-state index in [0.717, 1.165) is 6.42 Å². The van der Waals surface area contributed by atoms with Gasteiger partial charge in [-0.05, 0) is 18.6 Å². The molecule has 1 N–H and O–H groups in total. The summed E-state index contributed by atoms with van der Waals surface area (Å²) in [5.41, 5.74) is 2.36. The second kappa shape index (κ2) is 6.55. The zero-order valence-corrected chi connectivity index (χ0v) is 9.73. The Morgan fingerprint density at radius 2 is 2.27 bits per heavy atom. The molecule has 1 heterocycles. The molecule has 1 amide bonds. The number of carbonyl (C=O) groups excluding carboxylic acids is 1. The van der Waals surface area contributed by atoms with Gasteiger partial charge in [-0.1, -0.05) is 6.92 Å². The molecule has 1 aromatic heterocycles. The second-order valence-corrected chi connectivity index (χ2v) is 4.06. The fraction of sp³-hybridized carbons (Fsp3) is 0.500. The Morgan fingerprint density at radius 3 is 2.87 bits per heavy atom. The zero-order valence-electron chi connectivity index (χ0n) is 8.91. The molecule has 1 aromatic rings. The van der Waals surface area contributed by atoms with E-state index in [9.17, 15) is 4.79 Å². The van der Waals surface area contributed by atoms with Gasteiger partial charge >= 0.3 is 0 Å². The third kappa shape index (κ3) is 3.99. The maximum Gasteiger partial charge on any atom is 0.284 e. The lowest BCUT2D eigenvalue weighted by Gasteiger charge is -2.03. The van der Waals surface area contributed by atoms with Gasteiger partial charge in [0.2, 0.25) is 0 Å². The van der Waals surface area contributed by atoms with Gasteiger partial charge in [0.15, 0.2) is 0 Å². The largest absolute Gasteiger partial charge is 0.382 e. The molecule has 4 nitrogen and oxygen atoms in total. The summed E-state index contributed by atoms with van der Waals surface area (Å²) in [6.45, 7) is 2.88. The maximum absolute atomic E-state index is 11.5. The molecule has 0 spiro atoms. The first-order valence-electron chi connectivity index (χ1n) is 4.77. The summed E-state index contributed by atoms with van der Waals surface area (Å²) in [5.74, 6) is -0.198. The molecule has 0 unspecified atom stereocenters. The molecule has 0 aromatic carbocycles. The van der Waals surface area contributed by atoms with Crippen LogP contribution in [0.25, 0.3) is 0 Å². The summed E-state index contributed by atoms with van der Waals surface area (Å²) < 4.78 is 4.78. The molecular formula is C10H15NO3S. The molecule has 0 atom stereocenters. The fourth-order valence-corrected chi connectivity index (χ4v) is 1.82. The van der Waals surface area contributed by atoms with Crippen LogP contribution in [-0.2, 0) is 16.0 Å². The zero-order chi connectivity index (χ0) is 11.1. The van der Waals surface area contributed by atoms with Crippen molar-refractivity contribution in [3.05, 3.63) is 21.9 Å². The minimum absolute atomic E-state index is 0.198. The number of hydroxylamine groups is 1. The number of rotatable bonds is 6. The minimum atomic E-state index is -0.198. The third-order valence-corrected chi connectivity index (χ3v) is 3.02. The summed E-state index contributed by atoms with van der Waals surface area (Å²) in [5, 5.41) is 0. The summed E-state index contributed by atoms with van der Waals surface area (Å²) in [4.78, 5) is 18.2. The van der Waals surface area contributed by atoms with Crippen molar-refractivity contribution in [1.82, 2.24) is 5.48 Å². The molecular weight excluding hydrogens is 214 g/mol.